The molecule has 1 saturated heterocycles. The van der Waals surface area contributed by atoms with Gasteiger partial charge >= 0.3 is 5.97 Å². The summed E-state index contributed by atoms with van der Waals surface area (Å²) in [5.74, 6) is -0.0456. The van der Waals surface area contributed by atoms with E-state index in [0.717, 1.165) is 31.7 Å². The molecule has 1 N–H and O–H groups in total. The van der Waals surface area contributed by atoms with Crippen LogP contribution in [-0.4, -0.2) is 60.1 Å². The lowest BCUT2D eigenvalue weighted by molar-refractivity contribution is -0.146. The Morgan fingerprint density at radius 2 is 2.10 bits per heavy atom. The first-order valence-electron chi connectivity index (χ1n) is 8.66. The van der Waals surface area contributed by atoms with Crippen LogP contribution < -0.4 is 0 Å². The van der Waals surface area contributed by atoms with Crippen molar-refractivity contribution in [2.75, 3.05) is 27.2 Å². The maximum atomic E-state index is 11.6. The first-order valence-corrected chi connectivity index (χ1v) is 8.66. The molecule has 2 fully saturated rings. The molecule has 4 atom stereocenters. The summed E-state index contributed by atoms with van der Waals surface area (Å²) in [5.41, 5.74) is 0. The first kappa shape index (κ1) is 16.8. The van der Waals surface area contributed by atoms with Crippen molar-refractivity contribution >= 4 is 5.97 Å². The molecule has 0 aromatic carbocycles. The topological polar surface area (TPSA) is 43.8 Å². The Bertz CT molecular complexity index is 348. The number of aliphatic carboxylic acids is 1. The number of rotatable bonds is 6. The molecule has 1 aliphatic carbocycles. The van der Waals surface area contributed by atoms with E-state index in [2.05, 4.69) is 30.8 Å². The molecule has 2 aliphatic rings. The summed E-state index contributed by atoms with van der Waals surface area (Å²) in [6.07, 6.45) is 8.01. The molecule has 1 heterocycles. The maximum absolute atomic E-state index is 11.6. The molecule has 4 unspecified atom stereocenters. The van der Waals surface area contributed by atoms with Gasteiger partial charge in [0.1, 0.15) is 0 Å². The molecule has 0 aromatic heterocycles. The monoisotopic (exact) mass is 296 g/mol. The Hall–Kier alpha value is -0.610. The number of hydrogen-bond acceptors (Lipinski definition) is 3. The highest BCUT2D eigenvalue weighted by Crippen LogP contribution is 2.35. The third-order valence-electron chi connectivity index (χ3n) is 5.68. The van der Waals surface area contributed by atoms with Crippen LogP contribution in [0.1, 0.15) is 51.9 Å². The number of carboxylic acids is 1. The van der Waals surface area contributed by atoms with Gasteiger partial charge in [0.2, 0.25) is 0 Å². The fourth-order valence-electron chi connectivity index (χ4n) is 4.35. The zero-order chi connectivity index (χ0) is 15.4. The van der Waals surface area contributed by atoms with E-state index in [1.54, 1.807) is 0 Å². The molecule has 1 saturated carbocycles. The molecule has 21 heavy (non-hydrogen) atoms. The van der Waals surface area contributed by atoms with Crippen molar-refractivity contribution in [3.05, 3.63) is 0 Å². The maximum Gasteiger partial charge on any atom is 0.308 e. The van der Waals surface area contributed by atoms with Crippen LogP contribution in [0, 0.1) is 11.8 Å². The second kappa shape index (κ2) is 7.59. The molecule has 122 valence electrons. The average Bonchev–Trinajstić information content (AvgIpc) is 2.84. The summed E-state index contributed by atoms with van der Waals surface area (Å²) in [4.78, 5) is 16.4. The standard InChI is InChI=1S/C17H32N2O2/c1-4-6-13-8-9-15(17(20)21)16(11-13)19(3)12-14-7-5-10-18(14)2/h13-16H,4-12H2,1-3H3,(H,20,21). The Balaban J connectivity index is 1.98. The summed E-state index contributed by atoms with van der Waals surface area (Å²) >= 11 is 0. The normalized spacial score (nSPS) is 34.5. The minimum Gasteiger partial charge on any atom is -0.481 e. The molecular formula is C17H32N2O2. The Kier molecular flexibility index (Phi) is 6.06. The number of nitrogens with zero attached hydrogens (tertiary/aromatic N) is 2. The molecule has 4 heteroatoms. The van der Waals surface area contributed by atoms with Gasteiger partial charge in [0.25, 0.3) is 0 Å². The van der Waals surface area contributed by atoms with Crippen molar-refractivity contribution in [2.45, 2.75) is 64.0 Å². The molecule has 0 spiro atoms. The molecule has 0 aromatic rings. The lowest BCUT2D eigenvalue weighted by atomic mass is 9.76. The predicted octanol–water partition coefficient (Wildman–Crippen LogP) is 2.68. The van der Waals surface area contributed by atoms with Gasteiger partial charge in [-0.25, -0.2) is 0 Å². The fraction of sp³-hybridized carbons (Fsp3) is 0.941. The van der Waals surface area contributed by atoms with Gasteiger partial charge in [0.05, 0.1) is 5.92 Å². The second-order valence-electron chi connectivity index (χ2n) is 7.20. The highest BCUT2D eigenvalue weighted by atomic mass is 16.4. The number of carbonyl (C=O) groups is 1. The van der Waals surface area contributed by atoms with Crippen LogP contribution in [0.5, 0.6) is 0 Å². The minimum absolute atomic E-state index is 0.171. The van der Waals surface area contributed by atoms with Crippen LogP contribution in [0.3, 0.4) is 0 Å². The average molecular weight is 296 g/mol. The van der Waals surface area contributed by atoms with Crippen molar-refractivity contribution in [1.82, 2.24) is 9.80 Å². The van der Waals surface area contributed by atoms with Crippen LogP contribution in [0.4, 0.5) is 0 Å². The molecule has 0 amide bonds. The summed E-state index contributed by atoms with van der Waals surface area (Å²) in [6.45, 7) is 4.43. The summed E-state index contributed by atoms with van der Waals surface area (Å²) in [5, 5.41) is 9.55. The van der Waals surface area contributed by atoms with Crippen LogP contribution in [0.15, 0.2) is 0 Å². The number of carboxylic acid groups (broad SMARTS) is 1. The largest absolute Gasteiger partial charge is 0.481 e. The highest BCUT2D eigenvalue weighted by molar-refractivity contribution is 5.71. The molecule has 4 nitrogen and oxygen atoms in total. The van der Waals surface area contributed by atoms with Crippen molar-refractivity contribution in [3.8, 4) is 0 Å². The Morgan fingerprint density at radius 1 is 1.33 bits per heavy atom. The second-order valence-corrected chi connectivity index (χ2v) is 7.20. The smallest absolute Gasteiger partial charge is 0.308 e. The van der Waals surface area contributed by atoms with Crippen molar-refractivity contribution in [3.63, 3.8) is 0 Å². The number of likely N-dealkylation sites (tertiary alicyclic amines) is 1. The van der Waals surface area contributed by atoms with E-state index in [0.29, 0.717) is 6.04 Å². The van der Waals surface area contributed by atoms with Gasteiger partial charge in [-0.2, -0.15) is 0 Å². The van der Waals surface area contributed by atoms with Crippen LogP contribution in [-0.2, 0) is 4.79 Å². The van der Waals surface area contributed by atoms with Gasteiger partial charge in [-0.3, -0.25) is 4.79 Å². The van der Waals surface area contributed by atoms with Gasteiger partial charge in [-0.05, 0) is 58.7 Å². The predicted molar refractivity (Wildman–Crippen MR) is 85.4 cm³/mol. The molecular weight excluding hydrogens is 264 g/mol. The third-order valence-corrected chi connectivity index (χ3v) is 5.68. The quantitative estimate of drug-likeness (QED) is 0.818. The molecule has 0 radical (unpaired) electrons. The van der Waals surface area contributed by atoms with Gasteiger partial charge in [0, 0.05) is 18.6 Å². The van der Waals surface area contributed by atoms with E-state index in [1.807, 2.05) is 0 Å². The summed E-state index contributed by atoms with van der Waals surface area (Å²) in [7, 11) is 4.34. The van der Waals surface area contributed by atoms with Crippen molar-refractivity contribution in [1.29, 1.82) is 0 Å². The zero-order valence-electron chi connectivity index (χ0n) is 13.9. The van der Waals surface area contributed by atoms with E-state index in [4.69, 9.17) is 0 Å². The minimum atomic E-state index is -0.596. The van der Waals surface area contributed by atoms with Gasteiger partial charge in [-0.1, -0.05) is 19.8 Å². The lowest BCUT2D eigenvalue weighted by Crippen LogP contribution is -2.49. The lowest BCUT2D eigenvalue weighted by Gasteiger charge is -2.41. The van der Waals surface area contributed by atoms with Gasteiger partial charge in [0.15, 0.2) is 0 Å². The van der Waals surface area contributed by atoms with E-state index >= 15 is 0 Å². The van der Waals surface area contributed by atoms with Gasteiger partial charge < -0.3 is 14.9 Å². The van der Waals surface area contributed by atoms with Crippen molar-refractivity contribution in [2.24, 2.45) is 11.8 Å². The number of likely N-dealkylation sites (N-methyl/N-ethyl adjacent to an activating group) is 2. The summed E-state index contributed by atoms with van der Waals surface area (Å²) < 4.78 is 0. The highest BCUT2D eigenvalue weighted by Gasteiger charge is 2.38. The first-order chi connectivity index (χ1) is 10.0. The number of hydrogen-bond donors (Lipinski definition) is 1. The third kappa shape index (κ3) is 4.19. The fourth-order valence-corrected chi connectivity index (χ4v) is 4.35. The van der Waals surface area contributed by atoms with Crippen molar-refractivity contribution < 1.29 is 9.90 Å². The van der Waals surface area contributed by atoms with E-state index < -0.39 is 5.97 Å². The SMILES string of the molecule is CCCC1CCC(C(=O)O)C(N(C)CC2CCCN2C)C1. The van der Waals surface area contributed by atoms with Crippen LogP contribution in [0.25, 0.3) is 0 Å². The Morgan fingerprint density at radius 3 is 2.67 bits per heavy atom. The zero-order valence-corrected chi connectivity index (χ0v) is 13.9. The molecule has 1 aliphatic heterocycles. The van der Waals surface area contributed by atoms with Gasteiger partial charge in [-0.15, -0.1) is 0 Å². The molecule has 0 bridgehead atoms. The summed E-state index contributed by atoms with van der Waals surface area (Å²) in [6, 6.07) is 0.831. The van der Waals surface area contributed by atoms with E-state index in [1.165, 1.54) is 32.2 Å². The van der Waals surface area contributed by atoms with Crippen LogP contribution in [0.2, 0.25) is 0 Å². The van der Waals surface area contributed by atoms with E-state index in [-0.39, 0.29) is 12.0 Å². The Labute approximate surface area is 129 Å². The van der Waals surface area contributed by atoms with E-state index in [9.17, 15) is 9.90 Å². The molecule has 2 rings (SSSR count). The van der Waals surface area contributed by atoms with Crippen LogP contribution >= 0.6 is 0 Å².